The molecule has 0 aromatic heterocycles. The maximum absolute atomic E-state index is 14.0. The largest absolute Gasteiger partial charge is 0.323 e. The van der Waals surface area contributed by atoms with E-state index in [0.717, 1.165) is 32.1 Å². The van der Waals surface area contributed by atoms with Crippen LogP contribution >= 0.6 is 0 Å². The molecule has 1 amide bonds. The molecule has 1 aromatic carbocycles. The maximum Gasteiger partial charge on any atom is 0.230 e. The molecule has 1 aliphatic carbocycles. The number of anilines is 1. The first kappa shape index (κ1) is 15.5. The van der Waals surface area contributed by atoms with E-state index < -0.39 is 5.82 Å². The number of halogens is 1. The fraction of sp³-hybridized carbons (Fsp3) is 0.471. The minimum atomic E-state index is -0.462. The summed E-state index contributed by atoms with van der Waals surface area (Å²) in [6.07, 6.45) is 4.70. The molecule has 0 aliphatic heterocycles. The topological polar surface area (TPSA) is 55.1 Å². The molecule has 2 rings (SSSR count). The number of hydrogen-bond acceptors (Lipinski definition) is 2. The molecule has 0 radical (unpaired) electrons. The zero-order valence-electron chi connectivity index (χ0n) is 12.3. The Kier molecular flexibility index (Phi) is 4.98. The van der Waals surface area contributed by atoms with Gasteiger partial charge < -0.3 is 11.1 Å². The third kappa shape index (κ3) is 3.43. The molecular formula is C17H21FN2O. The third-order valence-corrected chi connectivity index (χ3v) is 4.27. The number of nitrogens with two attached hydrogens (primary N) is 1. The van der Waals surface area contributed by atoms with Crippen molar-refractivity contribution in [1.29, 1.82) is 0 Å². The van der Waals surface area contributed by atoms with Crippen LogP contribution in [0, 0.1) is 23.1 Å². The van der Waals surface area contributed by atoms with Gasteiger partial charge in [-0.05, 0) is 37.5 Å². The van der Waals surface area contributed by atoms with Crippen LogP contribution in [0.3, 0.4) is 0 Å². The molecule has 1 saturated carbocycles. The van der Waals surface area contributed by atoms with Gasteiger partial charge in [0.05, 0.1) is 12.2 Å². The quantitative estimate of drug-likeness (QED) is 0.840. The number of carbonyl (C=O) groups is 1. The summed E-state index contributed by atoms with van der Waals surface area (Å²) in [6, 6.07) is 4.58. The van der Waals surface area contributed by atoms with Crippen LogP contribution in [0.15, 0.2) is 18.2 Å². The maximum atomic E-state index is 14.0. The number of benzene rings is 1. The number of carbonyl (C=O) groups excluding carboxylic acids is 1. The number of amides is 1. The molecule has 0 unspecified atom stereocenters. The Morgan fingerprint density at radius 3 is 2.71 bits per heavy atom. The van der Waals surface area contributed by atoms with Crippen molar-refractivity contribution >= 4 is 11.6 Å². The van der Waals surface area contributed by atoms with Gasteiger partial charge >= 0.3 is 0 Å². The Morgan fingerprint density at radius 1 is 1.43 bits per heavy atom. The van der Waals surface area contributed by atoms with Gasteiger partial charge in [-0.3, -0.25) is 4.79 Å². The summed E-state index contributed by atoms with van der Waals surface area (Å²) in [4.78, 5) is 12.5. The van der Waals surface area contributed by atoms with Crippen LogP contribution in [0.1, 0.15) is 44.6 Å². The molecule has 1 aromatic rings. The predicted molar refractivity (Wildman–Crippen MR) is 82.2 cm³/mol. The molecule has 0 spiro atoms. The van der Waals surface area contributed by atoms with Crippen molar-refractivity contribution in [2.45, 2.75) is 39.0 Å². The summed E-state index contributed by atoms with van der Waals surface area (Å²) in [5, 5.41) is 2.74. The van der Waals surface area contributed by atoms with Crippen molar-refractivity contribution in [3.8, 4) is 11.8 Å². The monoisotopic (exact) mass is 288 g/mol. The summed E-state index contributed by atoms with van der Waals surface area (Å²) in [7, 11) is 0. The van der Waals surface area contributed by atoms with E-state index in [9.17, 15) is 9.18 Å². The lowest BCUT2D eigenvalue weighted by Crippen LogP contribution is -2.33. The van der Waals surface area contributed by atoms with Crippen LogP contribution < -0.4 is 11.1 Å². The summed E-state index contributed by atoms with van der Waals surface area (Å²) < 4.78 is 14.0. The first-order valence-corrected chi connectivity index (χ1v) is 7.41. The highest BCUT2D eigenvalue weighted by atomic mass is 19.1. The molecule has 3 N–H and O–H groups in total. The van der Waals surface area contributed by atoms with Gasteiger partial charge in [-0.15, -0.1) is 0 Å². The van der Waals surface area contributed by atoms with Gasteiger partial charge in [0.25, 0.3) is 0 Å². The van der Waals surface area contributed by atoms with Crippen molar-refractivity contribution in [3.63, 3.8) is 0 Å². The van der Waals surface area contributed by atoms with Crippen LogP contribution in [0.25, 0.3) is 0 Å². The lowest BCUT2D eigenvalue weighted by Gasteiger charge is -2.26. The molecule has 1 fully saturated rings. The average molecular weight is 288 g/mol. The van der Waals surface area contributed by atoms with E-state index in [-0.39, 0.29) is 23.6 Å². The smallest absolute Gasteiger partial charge is 0.230 e. The summed E-state index contributed by atoms with van der Waals surface area (Å²) in [5.74, 6) is 4.92. The summed E-state index contributed by atoms with van der Waals surface area (Å²) >= 11 is 0. The van der Waals surface area contributed by atoms with E-state index in [4.69, 9.17) is 5.73 Å². The molecule has 4 heteroatoms. The second-order valence-electron chi connectivity index (χ2n) is 5.50. The molecule has 0 heterocycles. The lowest BCUT2D eigenvalue weighted by atomic mass is 9.82. The zero-order valence-corrected chi connectivity index (χ0v) is 12.3. The van der Waals surface area contributed by atoms with Crippen LogP contribution in [-0.4, -0.2) is 12.5 Å². The van der Waals surface area contributed by atoms with Gasteiger partial charge in [-0.2, -0.15) is 0 Å². The second kappa shape index (κ2) is 6.73. The molecular weight excluding hydrogens is 267 g/mol. The fourth-order valence-electron chi connectivity index (χ4n) is 2.90. The van der Waals surface area contributed by atoms with E-state index in [1.807, 2.05) is 6.92 Å². The van der Waals surface area contributed by atoms with Crippen molar-refractivity contribution in [2.75, 3.05) is 11.9 Å². The first-order chi connectivity index (χ1) is 10.1. The van der Waals surface area contributed by atoms with Crippen molar-refractivity contribution in [3.05, 3.63) is 29.6 Å². The van der Waals surface area contributed by atoms with Gasteiger partial charge in [0.2, 0.25) is 5.91 Å². The Morgan fingerprint density at radius 2 is 2.14 bits per heavy atom. The van der Waals surface area contributed by atoms with Crippen LogP contribution in [0.2, 0.25) is 0 Å². The van der Waals surface area contributed by atoms with E-state index in [2.05, 4.69) is 17.2 Å². The molecule has 0 saturated heterocycles. The Labute approximate surface area is 125 Å². The highest BCUT2D eigenvalue weighted by Crippen LogP contribution is 2.41. The SMILES string of the molecule is CCC1(C(=O)Nc2ccc(C#CCN)cc2F)CCCC1. The van der Waals surface area contributed by atoms with Crippen molar-refractivity contribution in [1.82, 2.24) is 0 Å². The minimum absolute atomic E-state index is 0.0674. The van der Waals surface area contributed by atoms with Gasteiger partial charge in [0.1, 0.15) is 5.82 Å². The Balaban J connectivity index is 2.14. The number of nitrogens with one attached hydrogen (secondary N) is 1. The van der Waals surface area contributed by atoms with Gasteiger partial charge in [0, 0.05) is 11.0 Å². The van der Waals surface area contributed by atoms with Gasteiger partial charge in [-0.1, -0.05) is 31.6 Å². The van der Waals surface area contributed by atoms with Gasteiger partial charge in [-0.25, -0.2) is 4.39 Å². The van der Waals surface area contributed by atoms with E-state index in [1.54, 1.807) is 12.1 Å². The highest BCUT2D eigenvalue weighted by molar-refractivity contribution is 5.95. The second-order valence-corrected chi connectivity index (χ2v) is 5.50. The standard InChI is InChI=1S/C17H21FN2O/c1-2-17(9-3-4-10-17)16(21)20-15-8-7-13(6-5-11-19)12-14(15)18/h7-8,12H,2-4,9-11,19H2,1H3,(H,20,21). The molecule has 0 bridgehead atoms. The molecule has 3 nitrogen and oxygen atoms in total. The summed E-state index contributed by atoms with van der Waals surface area (Å²) in [5.41, 5.74) is 5.73. The van der Waals surface area contributed by atoms with E-state index >= 15 is 0 Å². The summed E-state index contributed by atoms with van der Waals surface area (Å²) in [6.45, 7) is 2.26. The highest BCUT2D eigenvalue weighted by Gasteiger charge is 2.39. The molecule has 1 aliphatic rings. The fourth-order valence-corrected chi connectivity index (χ4v) is 2.90. The number of hydrogen-bond donors (Lipinski definition) is 2. The van der Waals surface area contributed by atoms with Crippen LogP contribution in [0.4, 0.5) is 10.1 Å². The van der Waals surface area contributed by atoms with Crippen molar-refractivity contribution < 1.29 is 9.18 Å². The Bertz CT molecular complexity index is 580. The normalized spacial score (nSPS) is 16.1. The van der Waals surface area contributed by atoms with E-state index in [1.165, 1.54) is 6.07 Å². The van der Waals surface area contributed by atoms with Gasteiger partial charge in [0.15, 0.2) is 0 Å². The Hall–Kier alpha value is -1.86. The van der Waals surface area contributed by atoms with Crippen LogP contribution in [0.5, 0.6) is 0 Å². The number of rotatable bonds is 3. The third-order valence-electron chi connectivity index (χ3n) is 4.27. The molecule has 21 heavy (non-hydrogen) atoms. The molecule has 0 atom stereocenters. The van der Waals surface area contributed by atoms with Crippen molar-refractivity contribution in [2.24, 2.45) is 11.1 Å². The first-order valence-electron chi connectivity index (χ1n) is 7.41. The molecule has 112 valence electrons. The lowest BCUT2D eigenvalue weighted by molar-refractivity contribution is -0.125. The van der Waals surface area contributed by atoms with E-state index in [0.29, 0.717) is 5.56 Å². The van der Waals surface area contributed by atoms with Crippen LogP contribution in [-0.2, 0) is 4.79 Å². The predicted octanol–water partition coefficient (Wildman–Crippen LogP) is 3.04. The minimum Gasteiger partial charge on any atom is -0.323 e. The zero-order chi connectivity index (χ0) is 15.3. The average Bonchev–Trinajstić information content (AvgIpc) is 2.97.